The third-order valence-electron chi connectivity index (χ3n) is 3.44. The van der Waals surface area contributed by atoms with Crippen molar-refractivity contribution in [3.63, 3.8) is 0 Å². The molecule has 0 aromatic heterocycles. The number of rotatable bonds is 2. The molecule has 1 heterocycles. The second-order valence-corrected chi connectivity index (χ2v) is 6.79. The summed E-state index contributed by atoms with van der Waals surface area (Å²) in [6, 6.07) is 11.9. The highest BCUT2D eigenvalue weighted by Crippen LogP contribution is 2.38. The van der Waals surface area contributed by atoms with Crippen LogP contribution in [0.1, 0.15) is 29.0 Å². The van der Waals surface area contributed by atoms with Crippen molar-refractivity contribution in [3.05, 3.63) is 62.6 Å². The summed E-state index contributed by atoms with van der Waals surface area (Å²) < 4.78 is 6.69. The second kappa shape index (κ2) is 5.59. The predicted molar refractivity (Wildman–Crippen MR) is 87.1 cm³/mol. The van der Waals surface area contributed by atoms with Crippen LogP contribution in [0.4, 0.5) is 0 Å². The van der Waals surface area contributed by atoms with Crippen LogP contribution in [0.15, 0.2) is 40.9 Å². The van der Waals surface area contributed by atoms with Crippen LogP contribution in [0.25, 0.3) is 0 Å². The molecular weight excluding hydrogens is 359 g/mol. The zero-order valence-electron chi connectivity index (χ0n) is 10.9. The number of alkyl halides is 1. The molecule has 1 nitrogen and oxygen atoms in total. The Bertz CT molecular complexity index is 657. The molecule has 0 bridgehead atoms. The molecule has 0 saturated heterocycles. The number of hydrogen-bond acceptors (Lipinski definition) is 1. The first-order valence-electron chi connectivity index (χ1n) is 6.43. The maximum atomic E-state index is 6.60. The summed E-state index contributed by atoms with van der Waals surface area (Å²) in [5.41, 5.74) is 3.17. The highest BCUT2D eigenvalue weighted by Gasteiger charge is 2.22. The number of fused-ring (bicyclic) bond motifs is 1. The van der Waals surface area contributed by atoms with E-state index in [4.69, 9.17) is 27.9 Å². The zero-order chi connectivity index (χ0) is 14.3. The molecule has 2 unspecified atom stereocenters. The van der Waals surface area contributed by atoms with E-state index in [1.165, 1.54) is 5.56 Å². The van der Waals surface area contributed by atoms with E-state index in [9.17, 15) is 0 Å². The third-order valence-corrected chi connectivity index (χ3v) is 4.77. The van der Waals surface area contributed by atoms with Gasteiger partial charge in [-0.25, -0.2) is 0 Å². The largest absolute Gasteiger partial charge is 0.490 e. The second-order valence-electron chi connectivity index (χ2n) is 5.03. The van der Waals surface area contributed by atoms with E-state index in [1.54, 1.807) is 0 Å². The zero-order valence-corrected chi connectivity index (χ0v) is 14.0. The summed E-state index contributed by atoms with van der Waals surface area (Å²) in [5.74, 6) is 0.963. The number of ether oxygens (including phenoxy) is 1. The van der Waals surface area contributed by atoms with Gasteiger partial charge < -0.3 is 4.74 Å². The van der Waals surface area contributed by atoms with Gasteiger partial charge in [-0.15, -0.1) is 11.6 Å². The Labute approximate surface area is 137 Å². The molecule has 0 saturated carbocycles. The Morgan fingerprint density at radius 1 is 1.25 bits per heavy atom. The number of benzene rings is 2. The molecule has 1 aliphatic rings. The number of hydrogen-bond donors (Lipinski definition) is 0. The molecule has 2 aromatic rings. The quantitative estimate of drug-likeness (QED) is 0.610. The fraction of sp³-hybridized carbons (Fsp3) is 0.250. The first-order valence-corrected chi connectivity index (χ1v) is 8.04. The van der Waals surface area contributed by atoms with Gasteiger partial charge in [-0.1, -0.05) is 39.7 Å². The van der Waals surface area contributed by atoms with E-state index in [0.29, 0.717) is 5.02 Å². The first-order chi connectivity index (χ1) is 9.54. The van der Waals surface area contributed by atoms with Gasteiger partial charge in [0.15, 0.2) is 0 Å². The maximum Gasteiger partial charge on any atom is 0.123 e. The van der Waals surface area contributed by atoms with Gasteiger partial charge in [-0.2, -0.15) is 0 Å². The minimum Gasteiger partial charge on any atom is -0.490 e. The van der Waals surface area contributed by atoms with E-state index < -0.39 is 0 Å². The van der Waals surface area contributed by atoms with Gasteiger partial charge in [0.1, 0.15) is 11.9 Å². The Hall–Kier alpha value is -0.700. The topological polar surface area (TPSA) is 9.23 Å². The molecule has 20 heavy (non-hydrogen) atoms. The molecule has 104 valence electrons. The highest BCUT2D eigenvalue weighted by atomic mass is 79.9. The SMILES string of the molecule is CC1Cc2cc(C(Cl)c3cc(Br)ccc3Cl)ccc2O1. The van der Waals surface area contributed by atoms with Crippen molar-refractivity contribution in [2.45, 2.75) is 24.8 Å². The average Bonchev–Trinajstić information content (AvgIpc) is 2.79. The van der Waals surface area contributed by atoms with E-state index in [-0.39, 0.29) is 11.5 Å². The van der Waals surface area contributed by atoms with Crippen LogP contribution in [-0.4, -0.2) is 6.10 Å². The minimum atomic E-state index is -0.263. The lowest BCUT2D eigenvalue weighted by Gasteiger charge is -2.13. The molecule has 0 spiro atoms. The van der Waals surface area contributed by atoms with E-state index >= 15 is 0 Å². The molecular formula is C16H13BrCl2O. The molecule has 0 N–H and O–H groups in total. The van der Waals surface area contributed by atoms with Crippen LogP contribution in [0.2, 0.25) is 5.02 Å². The molecule has 1 aliphatic heterocycles. The molecule has 0 aliphatic carbocycles. The average molecular weight is 372 g/mol. The first kappa shape index (κ1) is 14.2. The highest BCUT2D eigenvalue weighted by molar-refractivity contribution is 9.10. The van der Waals surface area contributed by atoms with Crippen molar-refractivity contribution in [3.8, 4) is 5.75 Å². The fourth-order valence-electron chi connectivity index (χ4n) is 2.49. The molecule has 0 fully saturated rings. The van der Waals surface area contributed by atoms with Crippen molar-refractivity contribution in [2.75, 3.05) is 0 Å². The number of halogens is 3. The monoisotopic (exact) mass is 370 g/mol. The normalized spacial score (nSPS) is 18.5. The van der Waals surface area contributed by atoms with Gasteiger partial charge in [-0.3, -0.25) is 0 Å². The Kier molecular flexibility index (Phi) is 3.98. The minimum absolute atomic E-state index is 0.239. The van der Waals surface area contributed by atoms with Crippen molar-refractivity contribution in [1.82, 2.24) is 0 Å². The van der Waals surface area contributed by atoms with Gasteiger partial charge >= 0.3 is 0 Å². The van der Waals surface area contributed by atoms with Gasteiger partial charge in [-0.05, 0) is 47.9 Å². The van der Waals surface area contributed by atoms with Crippen LogP contribution in [0, 0.1) is 0 Å². The summed E-state index contributed by atoms with van der Waals surface area (Å²) in [6.45, 7) is 2.07. The smallest absolute Gasteiger partial charge is 0.123 e. The Morgan fingerprint density at radius 2 is 2.05 bits per heavy atom. The maximum absolute atomic E-state index is 6.60. The molecule has 0 radical (unpaired) electrons. The Morgan fingerprint density at radius 3 is 2.85 bits per heavy atom. The predicted octanol–water partition coefficient (Wildman–Crippen LogP) is 5.75. The van der Waals surface area contributed by atoms with Gasteiger partial charge in [0.25, 0.3) is 0 Å². The van der Waals surface area contributed by atoms with E-state index in [2.05, 4.69) is 28.9 Å². The lowest BCUT2D eigenvalue weighted by Crippen LogP contribution is -2.05. The third kappa shape index (κ3) is 2.69. The van der Waals surface area contributed by atoms with Crippen LogP contribution in [-0.2, 0) is 6.42 Å². The van der Waals surface area contributed by atoms with Crippen LogP contribution < -0.4 is 4.74 Å². The van der Waals surface area contributed by atoms with Gasteiger partial charge in [0, 0.05) is 15.9 Å². The molecule has 2 atom stereocenters. The van der Waals surface area contributed by atoms with E-state index in [1.807, 2.05) is 30.3 Å². The van der Waals surface area contributed by atoms with Crippen LogP contribution in [0.5, 0.6) is 5.75 Å². The lowest BCUT2D eigenvalue weighted by molar-refractivity contribution is 0.254. The van der Waals surface area contributed by atoms with Crippen LogP contribution >= 0.6 is 39.1 Å². The Balaban J connectivity index is 1.97. The summed E-state index contributed by atoms with van der Waals surface area (Å²) in [7, 11) is 0. The van der Waals surface area contributed by atoms with E-state index in [0.717, 1.165) is 27.8 Å². The standard InChI is InChI=1S/C16H13BrCl2O/c1-9-6-11-7-10(2-5-15(11)20-9)16(19)13-8-12(17)3-4-14(13)18/h2-5,7-9,16H,6H2,1H3. The summed E-state index contributed by atoms with van der Waals surface area (Å²) in [5, 5.41) is 0.416. The van der Waals surface area contributed by atoms with Crippen molar-refractivity contribution in [2.24, 2.45) is 0 Å². The fourth-order valence-corrected chi connectivity index (χ4v) is 3.47. The van der Waals surface area contributed by atoms with Crippen molar-refractivity contribution in [1.29, 1.82) is 0 Å². The summed E-state index contributed by atoms with van der Waals surface area (Å²) >= 11 is 16.3. The molecule has 0 amide bonds. The molecule has 2 aromatic carbocycles. The summed E-state index contributed by atoms with van der Waals surface area (Å²) in [6.07, 6.45) is 1.17. The van der Waals surface area contributed by atoms with Gasteiger partial charge in [0.05, 0.1) is 5.38 Å². The van der Waals surface area contributed by atoms with Crippen LogP contribution in [0.3, 0.4) is 0 Å². The molecule has 4 heteroatoms. The molecule has 3 rings (SSSR count). The lowest BCUT2D eigenvalue weighted by atomic mass is 10.0. The van der Waals surface area contributed by atoms with Crippen molar-refractivity contribution >= 4 is 39.1 Å². The van der Waals surface area contributed by atoms with Gasteiger partial charge in [0.2, 0.25) is 0 Å². The van der Waals surface area contributed by atoms with Crippen molar-refractivity contribution < 1.29 is 4.74 Å². The summed E-state index contributed by atoms with van der Waals surface area (Å²) in [4.78, 5) is 0.